The van der Waals surface area contributed by atoms with Gasteiger partial charge in [0.05, 0.1) is 6.04 Å². The van der Waals surface area contributed by atoms with E-state index >= 15 is 0 Å². The number of nitrogens with two attached hydrogens (primary N) is 1. The first-order valence-electron chi connectivity index (χ1n) is 5.88. The lowest BCUT2D eigenvalue weighted by Crippen LogP contribution is -2.13. The maximum atomic E-state index is 6.12. The smallest absolute Gasteiger partial charge is 0.171 e. The summed E-state index contributed by atoms with van der Waals surface area (Å²) in [5.41, 5.74) is 7.15. The molecule has 0 saturated heterocycles. The Bertz CT molecular complexity index is 461. The van der Waals surface area contributed by atoms with Crippen molar-refractivity contribution in [3.63, 3.8) is 0 Å². The predicted molar refractivity (Wildman–Crippen MR) is 67.4 cm³/mol. The molecule has 0 unspecified atom stereocenters. The molecule has 4 nitrogen and oxygen atoms in total. The van der Waals surface area contributed by atoms with Crippen molar-refractivity contribution in [1.29, 1.82) is 0 Å². The summed E-state index contributed by atoms with van der Waals surface area (Å²) in [4.78, 5) is 4.44. The highest BCUT2D eigenvalue weighted by Crippen LogP contribution is 2.16. The summed E-state index contributed by atoms with van der Waals surface area (Å²) < 4.78 is 0. The van der Waals surface area contributed by atoms with Crippen molar-refractivity contribution in [3.05, 3.63) is 47.5 Å². The number of nitrogens with zero attached hydrogens (tertiary/aromatic N) is 2. The van der Waals surface area contributed by atoms with Crippen LogP contribution >= 0.6 is 0 Å². The zero-order valence-corrected chi connectivity index (χ0v) is 10.2. The van der Waals surface area contributed by atoms with Gasteiger partial charge in [-0.25, -0.2) is 4.98 Å². The minimum absolute atomic E-state index is 0.256. The molecular formula is C13H18N4. The Hall–Kier alpha value is -1.68. The summed E-state index contributed by atoms with van der Waals surface area (Å²) >= 11 is 0. The van der Waals surface area contributed by atoms with Crippen molar-refractivity contribution in [3.8, 4) is 0 Å². The molecule has 4 heteroatoms. The third-order valence-corrected chi connectivity index (χ3v) is 2.59. The maximum Gasteiger partial charge on any atom is 0.171 e. The first-order valence-corrected chi connectivity index (χ1v) is 5.88. The molecule has 0 bridgehead atoms. The summed E-state index contributed by atoms with van der Waals surface area (Å²) in [6.07, 6.45) is 0.897. The van der Waals surface area contributed by atoms with Gasteiger partial charge in [0.25, 0.3) is 0 Å². The molecule has 0 saturated carbocycles. The Morgan fingerprint density at radius 2 is 1.94 bits per heavy atom. The van der Waals surface area contributed by atoms with Crippen LogP contribution in [0.5, 0.6) is 0 Å². The van der Waals surface area contributed by atoms with Gasteiger partial charge in [-0.1, -0.05) is 44.2 Å². The molecule has 0 aliphatic heterocycles. The zero-order chi connectivity index (χ0) is 12.3. The first-order chi connectivity index (χ1) is 8.16. The van der Waals surface area contributed by atoms with Gasteiger partial charge >= 0.3 is 0 Å². The van der Waals surface area contributed by atoms with Crippen LogP contribution in [0.4, 0.5) is 0 Å². The van der Waals surface area contributed by atoms with E-state index in [1.54, 1.807) is 0 Å². The highest BCUT2D eigenvalue weighted by atomic mass is 15.2. The van der Waals surface area contributed by atoms with Crippen LogP contribution in [0, 0.1) is 5.92 Å². The molecule has 0 spiro atoms. The van der Waals surface area contributed by atoms with Crippen LogP contribution in [0.1, 0.15) is 37.1 Å². The Morgan fingerprint density at radius 1 is 1.24 bits per heavy atom. The largest absolute Gasteiger partial charge is 0.318 e. The molecule has 90 valence electrons. The number of aromatic nitrogens is 3. The van der Waals surface area contributed by atoms with Gasteiger partial charge in [0.2, 0.25) is 0 Å². The molecule has 17 heavy (non-hydrogen) atoms. The van der Waals surface area contributed by atoms with E-state index in [9.17, 15) is 0 Å². The van der Waals surface area contributed by atoms with Crippen molar-refractivity contribution >= 4 is 0 Å². The van der Waals surface area contributed by atoms with Gasteiger partial charge < -0.3 is 5.73 Å². The van der Waals surface area contributed by atoms with Gasteiger partial charge in [0, 0.05) is 6.42 Å². The monoisotopic (exact) mass is 230 g/mol. The minimum atomic E-state index is -0.256. The predicted octanol–water partition coefficient (Wildman–Crippen LogP) is 2.05. The zero-order valence-electron chi connectivity index (χ0n) is 10.2. The van der Waals surface area contributed by atoms with Crippen molar-refractivity contribution in [1.82, 2.24) is 15.2 Å². The third kappa shape index (κ3) is 2.91. The number of nitrogens with one attached hydrogen (secondary N) is 1. The quantitative estimate of drug-likeness (QED) is 0.844. The van der Waals surface area contributed by atoms with Crippen LogP contribution < -0.4 is 5.73 Å². The molecule has 0 radical (unpaired) electrons. The van der Waals surface area contributed by atoms with E-state index in [-0.39, 0.29) is 6.04 Å². The lowest BCUT2D eigenvalue weighted by atomic mass is 10.1. The molecule has 1 aromatic carbocycles. The number of rotatable bonds is 4. The highest BCUT2D eigenvalue weighted by Gasteiger charge is 2.14. The van der Waals surface area contributed by atoms with Gasteiger partial charge in [0.15, 0.2) is 5.82 Å². The highest BCUT2D eigenvalue weighted by molar-refractivity contribution is 5.23. The average molecular weight is 230 g/mol. The molecule has 2 rings (SSSR count). The maximum absolute atomic E-state index is 6.12. The number of benzene rings is 1. The van der Waals surface area contributed by atoms with Crippen LogP contribution in [-0.2, 0) is 6.42 Å². The van der Waals surface area contributed by atoms with Gasteiger partial charge in [-0.2, -0.15) is 5.10 Å². The Kier molecular flexibility index (Phi) is 3.54. The van der Waals surface area contributed by atoms with E-state index in [1.165, 1.54) is 0 Å². The Morgan fingerprint density at radius 3 is 2.59 bits per heavy atom. The average Bonchev–Trinajstić information content (AvgIpc) is 2.77. The van der Waals surface area contributed by atoms with E-state index in [0.717, 1.165) is 17.8 Å². The molecule has 0 fully saturated rings. The van der Waals surface area contributed by atoms with E-state index < -0.39 is 0 Å². The fourth-order valence-electron chi connectivity index (χ4n) is 1.74. The van der Waals surface area contributed by atoms with E-state index in [4.69, 9.17) is 5.73 Å². The number of H-pyrrole nitrogens is 1. The fraction of sp³-hybridized carbons (Fsp3) is 0.385. The van der Waals surface area contributed by atoms with Gasteiger partial charge in [-0.3, -0.25) is 5.10 Å². The van der Waals surface area contributed by atoms with Crippen LogP contribution in [0.15, 0.2) is 30.3 Å². The normalized spacial score (nSPS) is 12.9. The fourth-order valence-corrected chi connectivity index (χ4v) is 1.74. The molecule has 0 amide bonds. The molecule has 1 heterocycles. The molecule has 0 aliphatic rings. The Balaban J connectivity index is 2.15. The molecular weight excluding hydrogens is 212 g/mol. The van der Waals surface area contributed by atoms with Crippen molar-refractivity contribution < 1.29 is 0 Å². The van der Waals surface area contributed by atoms with Crippen LogP contribution in [0.3, 0.4) is 0 Å². The lowest BCUT2D eigenvalue weighted by Gasteiger charge is -2.06. The number of hydrogen-bond donors (Lipinski definition) is 2. The van der Waals surface area contributed by atoms with Gasteiger partial charge in [0.1, 0.15) is 5.82 Å². The first kappa shape index (κ1) is 11.8. The van der Waals surface area contributed by atoms with Crippen molar-refractivity contribution in [2.45, 2.75) is 26.3 Å². The van der Waals surface area contributed by atoms with Gasteiger partial charge in [-0.15, -0.1) is 0 Å². The molecule has 1 aromatic heterocycles. The van der Waals surface area contributed by atoms with Crippen molar-refractivity contribution in [2.24, 2.45) is 11.7 Å². The summed E-state index contributed by atoms with van der Waals surface area (Å²) in [5.74, 6) is 2.12. The molecule has 0 aliphatic carbocycles. The number of hydrogen-bond acceptors (Lipinski definition) is 3. The van der Waals surface area contributed by atoms with E-state index in [2.05, 4.69) is 29.0 Å². The van der Waals surface area contributed by atoms with Gasteiger partial charge in [-0.05, 0) is 11.5 Å². The topological polar surface area (TPSA) is 67.6 Å². The second-order valence-corrected chi connectivity index (χ2v) is 4.63. The Labute approximate surface area is 101 Å². The number of aromatic amines is 1. The second kappa shape index (κ2) is 5.10. The van der Waals surface area contributed by atoms with E-state index in [0.29, 0.717) is 11.7 Å². The molecule has 3 N–H and O–H groups in total. The summed E-state index contributed by atoms with van der Waals surface area (Å²) in [6, 6.07) is 9.63. The van der Waals surface area contributed by atoms with Crippen LogP contribution in [0.25, 0.3) is 0 Å². The standard InChI is InChI=1S/C13H18N4/c1-9(2)8-11-15-13(17-16-11)12(14)10-6-4-3-5-7-10/h3-7,9,12H,8,14H2,1-2H3,(H,15,16,17)/t12-/m0/s1. The lowest BCUT2D eigenvalue weighted by molar-refractivity contribution is 0.622. The van der Waals surface area contributed by atoms with Crippen LogP contribution in [0.2, 0.25) is 0 Å². The van der Waals surface area contributed by atoms with Crippen molar-refractivity contribution in [2.75, 3.05) is 0 Å². The second-order valence-electron chi connectivity index (χ2n) is 4.63. The molecule has 2 aromatic rings. The SMILES string of the molecule is CC(C)Cc1nc([C@@H](N)c2ccccc2)n[nH]1. The summed E-state index contributed by atoms with van der Waals surface area (Å²) in [5, 5.41) is 7.13. The molecule has 1 atom stereocenters. The minimum Gasteiger partial charge on any atom is -0.318 e. The summed E-state index contributed by atoms with van der Waals surface area (Å²) in [6.45, 7) is 4.30. The van der Waals surface area contributed by atoms with Crippen LogP contribution in [-0.4, -0.2) is 15.2 Å². The van der Waals surface area contributed by atoms with E-state index in [1.807, 2.05) is 30.3 Å². The third-order valence-electron chi connectivity index (χ3n) is 2.59. The summed E-state index contributed by atoms with van der Waals surface area (Å²) in [7, 11) is 0.